The Labute approximate surface area is 152 Å². The molecule has 26 heavy (non-hydrogen) atoms. The fraction of sp³-hybridized carbons (Fsp3) is 0.136. The Morgan fingerprint density at radius 1 is 1.12 bits per heavy atom. The number of carbonyl (C=O) groups is 1. The van der Waals surface area contributed by atoms with Gasteiger partial charge < -0.3 is 14.8 Å². The number of hydrogen-bond donors (Lipinski definition) is 2. The van der Waals surface area contributed by atoms with Gasteiger partial charge in [-0.1, -0.05) is 18.2 Å². The van der Waals surface area contributed by atoms with Crippen molar-refractivity contribution in [1.82, 2.24) is 4.98 Å². The summed E-state index contributed by atoms with van der Waals surface area (Å²) in [7, 11) is 0. The summed E-state index contributed by atoms with van der Waals surface area (Å²) in [6.45, 7) is 5.75. The van der Waals surface area contributed by atoms with Crippen molar-refractivity contribution in [3.8, 4) is 11.5 Å². The quantitative estimate of drug-likeness (QED) is 0.366. The molecule has 0 saturated heterocycles. The first-order chi connectivity index (χ1) is 12.5. The highest BCUT2D eigenvalue weighted by Crippen LogP contribution is 2.26. The lowest BCUT2D eigenvalue weighted by molar-refractivity contribution is 0.104. The van der Waals surface area contributed by atoms with Crippen LogP contribution in [0.15, 0.2) is 66.1 Å². The maximum Gasteiger partial charge on any atom is 0.189 e. The van der Waals surface area contributed by atoms with Crippen molar-refractivity contribution in [2.75, 3.05) is 0 Å². The second kappa shape index (κ2) is 7.31. The van der Waals surface area contributed by atoms with Crippen LogP contribution in [0.25, 0.3) is 17.0 Å². The first-order valence-corrected chi connectivity index (χ1v) is 8.39. The minimum atomic E-state index is -0.265. The van der Waals surface area contributed by atoms with Crippen LogP contribution in [0.1, 0.15) is 36.7 Å². The molecule has 3 aromatic rings. The van der Waals surface area contributed by atoms with E-state index in [0.717, 1.165) is 27.8 Å². The van der Waals surface area contributed by atoms with Gasteiger partial charge in [0.25, 0.3) is 0 Å². The zero-order chi connectivity index (χ0) is 18.7. The number of aromatic amines is 1. The highest BCUT2D eigenvalue weighted by atomic mass is 16.5. The van der Waals surface area contributed by atoms with Gasteiger partial charge in [-0.3, -0.25) is 4.79 Å². The second-order valence-corrected chi connectivity index (χ2v) is 6.32. The number of carbonyl (C=O) groups excluding carboxylic acids is 1. The number of nitrogens with one attached hydrogen (secondary N) is 1. The van der Waals surface area contributed by atoms with E-state index in [2.05, 4.69) is 4.98 Å². The van der Waals surface area contributed by atoms with E-state index in [-0.39, 0.29) is 17.1 Å². The molecular weight excluding hydrogens is 326 g/mol. The van der Waals surface area contributed by atoms with Crippen molar-refractivity contribution in [2.45, 2.75) is 20.8 Å². The lowest BCUT2D eigenvalue weighted by Gasteiger charge is -2.09. The van der Waals surface area contributed by atoms with Gasteiger partial charge in [-0.05, 0) is 62.3 Å². The second-order valence-electron chi connectivity index (χ2n) is 6.32. The van der Waals surface area contributed by atoms with Crippen LogP contribution >= 0.6 is 0 Å². The third-order valence-corrected chi connectivity index (χ3v) is 4.25. The third kappa shape index (κ3) is 3.70. The van der Waals surface area contributed by atoms with Crippen LogP contribution in [-0.2, 0) is 0 Å². The number of allylic oxidation sites excluding steroid dienone is 3. The van der Waals surface area contributed by atoms with E-state index in [9.17, 15) is 9.90 Å². The zero-order valence-electron chi connectivity index (χ0n) is 15.0. The van der Waals surface area contributed by atoms with Gasteiger partial charge in [0.2, 0.25) is 0 Å². The average Bonchev–Trinajstić information content (AvgIpc) is 3.03. The van der Waals surface area contributed by atoms with Gasteiger partial charge >= 0.3 is 0 Å². The fourth-order valence-corrected chi connectivity index (χ4v) is 2.55. The van der Waals surface area contributed by atoms with Gasteiger partial charge in [-0.2, -0.15) is 0 Å². The van der Waals surface area contributed by atoms with E-state index in [0.29, 0.717) is 5.75 Å². The van der Waals surface area contributed by atoms with Gasteiger partial charge in [0, 0.05) is 23.2 Å². The van der Waals surface area contributed by atoms with Crippen molar-refractivity contribution < 1.29 is 14.6 Å². The molecule has 2 aromatic carbocycles. The minimum absolute atomic E-state index is 0.0994. The van der Waals surface area contributed by atoms with Gasteiger partial charge in [0.05, 0.1) is 11.3 Å². The Morgan fingerprint density at radius 3 is 2.62 bits per heavy atom. The Bertz CT molecular complexity index is 1020. The molecule has 0 amide bonds. The first kappa shape index (κ1) is 17.5. The summed E-state index contributed by atoms with van der Waals surface area (Å²) in [6.07, 6.45) is 5.07. The van der Waals surface area contributed by atoms with E-state index >= 15 is 0 Å². The zero-order valence-corrected chi connectivity index (χ0v) is 15.0. The predicted molar refractivity (Wildman–Crippen MR) is 104 cm³/mol. The Hall–Kier alpha value is -3.27. The summed E-state index contributed by atoms with van der Waals surface area (Å²) in [5, 5.41) is 11.2. The number of hydrogen-bond acceptors (Lipinski definition) is 3. The standard InChI is InChI=1S/C22H21NO3/c1-14(2)15(3)26-17-9-10-19(22(25)12-17)21(24)11-8-16-13-23-20-7-5-4-6-18(16)20/h4-13,23,25H,1-3H3/b11-8+. The van der Waals surface area contributed by atoms with Crippen LogP contribution in [-0.4, -0.2) is 15.9 Å². The van der Waals surface area contributed by atoms with Crippen LogP contribution in [0.3, 0.4) is 0 Å². The molecule has 132 valence electrons. The summed E-state index contributed by atoms with van der Waals surface area (Å²) < 4.78 is 5.64. The number of rotatable bonds is 5. The molecule has 1 aromatic heterocycles. The molecule has 0 aliphatic rings. The van der Waals surface area contributed by atoms with E-state index in [1.165, 1.54) is 12.1 Å². The minimum Gasteiger partial charge on any atom is -0.507 e. The summed E-state index contributed by atoms with van der Waals surface area (Å²) in [4.78, 5) is 15.6. The molecule has 4 nitrogen and oxygen atoms in total. The number of aromatic nitrogens is 1. The largest absolute Gasteiger partial charge is 0.507 e. The highest BCUT2D eigenvalue weighted by molar-refractivity contribution is 6.09. The lowest BCUT2D eigenvalue weighted by Crippen LogP contribution is -1.97. The summed E-state index contributed by atoms with van der Waals surface area (Å²) in [6, 6.07) is 12.6. The molecule has 0 fully saturated rings. The van der Waals surface area contributed by atoms with Crippen LogP contribution in [0.2, 0.25) is 0 Å². The molecule has 0 unspecified atom stereocenters. The van der Waals surface area contributed by atoms with E-state index < -0.39 is 0 Å². The van der Waals surface area contributed by atoms with Crippen LogP contribution in [0, 0.1) is 0 Å². The van der Waals surface area contributed by atoms with Gasteiger partial charge in [-0.25, -0.2) is 0 Å². The number of benzene rings is 2. The van der Waals surface area contributed by atoms with Crippen molar-refractivity contribution >= 4 is 22.8 Å². The van der Waals surface area contributed by atoms with Crippen LogP contribution in [0.4, 0.5) is 0 Å². The average molecular weight is 347 g/mol. The van der Waals surface area contributed by atoms with Gasteiger partial charge in [-0.15, -0.1) is 0 Å². The van der Waals surface area contributed by atoms with Crippen molar-refractivity contribution in [3.05, 3.63) is 77.2 Å². The van der Waals surface area contributed by atoms with Crippen LogP contribution in [0.5, 0.6) is 11.5 Å². The predicted octanol–water partition coefficient (Wildman–Crippen LogP) is 5.46. The number of ether oxygens (including phenoxy) is 1. The number of aromatic hydroxyl groups is 1. The van der Waals surface area contributed by atoms with Crippen molar-refractivity contribution in [2.24, 2.45) is 0 Å². The molecule has 0 atom stereocenters. The molecule has 1 heterocycles. The van der Waals surface area contributed by atoms with Crippen molar-refractivity contribution in [1.29, 1.82) is 0 Å². The van der Waals surface area contributed by atoms with Crippen molar-refractivity contribution in [3.63, 3.8) is 0 Å². The molecule has 0 aliphatic carbocycles. The molecule has 4 heteroatoms. The first-order valence-electron chi connectivity index (χ1n) is 8.39. The summed E-state index contributed by atoms with van der Waals surface area (Å²) in [5.74, 6) is 0.900. The van der Waals surface area contributed by atoms with E-state index in [1.54, 1.807) is 18.2 Å². The Balaban J connectivity index is 1.80. The number of para-hydroxylation sites is 1. The third-order valence-electron chi connectivity index (χ3n) is 4.25. The van der Waals surface area contributed by atoms with Gasteiger partial charge in [0.1, 0.15) is 11.5 Å². The maximum atomic E-state index is 12.4. The summed E-state index contributed by atoms with van der Waals surface area (Å²) in [5.41, 5.74) is 3.22. The number of phenolic OH excluding ortho intramolecular Hbond substituents is 1. The lowest BCUT2D eigenvalue weighted by atomic mass is 10.1. The molecule has 0 spiro atoms. The smallest absolute Gasteiger partial charge is 0.189 e. The molecule has 0 saturated carbocycles. The number of ketones is 1. The molecule has 0 aliphatic heterocycles. The molecule has 2 N–H and O–H groups in total. The monoisotopic (exact) mass is 347 g/mol. The van der Waals surface area contributed by atoms with E-state index in [1.807, 2.05) is 51.2 Å². The molecule has 3 rings (SSSR count). The highest BCUT2D eigenvalue weighted by Gasteiger charge is 2.10. The summed E-state index contributed by atoms with van der Waals surface area (Å²) >= 11 is 0. The van der Waals surface area contributed by atoms with Gasteiger partial charge in [0.15, 0.2) is 5.78 Å². The Morgan fingerprint density at radius 2 is 1.88 bits per heavy atom. The molecular formula is C22H21NO3. The number of H-pyrrole nitrogens is 1. The molecule has 0 radical (unpaired) electrons. The fourth-order valence-electron chi connectivity index (χ4n) is 2.55. The topological polar surface area (TPSA) is 62.3 Å². The maximum absolute atomic E-state index is 12.4. The Kier molecular flexibility index (Phi) is 4.94. The number of fused-ring (bicyclic) bond motifs is 1. The van der Waals surface area contributed by atoms with E-state index in [4.69, 9.17) is 4.74 Å². The normalized spacial score (nSPS) is 11.0. The van der Waals surface area contributed by atoms with Crippen LogP contribution < -0.4 is 4.74 Å². The SMILES string of the molecule is CC(C)=C(C)Oc1ccc(C(=O)/C=C/c2c[nH]c3ccccc23)c(O)c1. The molecule has 0 bridgehead atoms. The number of phenols is 1.